The second kappa shape index (κ2) is 5.76. The highest BCUT2D eigenvalue weighted by Crippen LogP contribution is 2.27. The van der Waals surface area contributed by atoms with Gasteiger partial charge in [0.05, 0.1) is 0 Å². The summed E-state index contributed by atoms with van der Waals surface area (Å²) >= 11 is 1.80. The number of hydrogen-bond acceptors (Lipinski definition) is 1. The maximum absolute atomic E-state index is 2.17. The van der Waals surface area contributed by atoms with Gasteiger partial charge in [0.1, 0.15) is 0 Å². The van der Waals surface area contributed by atoms with Gasteiger partial charge in [-0.2, -0.15) is 0 Å². The number of benzene rings is 2. The highest BCUT2D eigenvalue weighted by molar-refractivity contribution is 7.99. The maximum atomic E-state index is 2.17. The molecular weight excluding hydrogens is 212 g/mol. The fourth-order valence-electron chi connectivity index (χ4n) is 1.35. The van der Waals surface area contributed by atoms with Crippen LogP contribution in [-0.2, 0) is 0 Å². The molecule has 0 heterocycles. The number of rotatable bonds is 2. The first-order valence-electron chi connectivity index (χ1n) is 5.05. The normalized spacial score (nSPS) is 9.62. The van der Waals surface area contributed by atoms with Crippen molar-refractivity contribution in [3.05, 3.63) is 59.7 Å². The van der Waals surface area contributed by atoms with Crippen LogP contribution in [0.1, 0.15) is 18.6 Å². The van der Waals surface area contributed by atoms with E-state index in [4.69, 9.17) is 0 Å². The summed E-state index contributed by atoms with van der Waals surface area (Å²) in [4.78, 5) is 2.59. The van der Waals surface area contributed by atoms with E-state index >= 15 is 0 Å². The van der Waals surface area contributed by atoms with Gasteiger partial charge in [0, 0.05) is 9.79 Å². The van der Waals surface area contributed by atoms with Crippen molar-refractivity contribution in [1.29, 1.82) is 0 Å². The molecule has 84 valence electrons. The van der Waals surface area contributed by atoms with Crippen LogP contribution in [0.25, 0.3) is 0 Å². The standard InChI is InChI=1S/C14H14S.CH4/c1-11-3-7-13(8-4-11)15-14-9-5-12(2)6-10-14;/h3-10H,1-2H3;1H4. The van der Waals surface area contributed by atoms with E-state index in [0.29, 0.717) is 0 Å². The van der Waals surface area contributed by atoms with Crippen LogP contribution >= 0.6 is 11.8 Å². The van der Waals surface area contributed by atoms with Crippen LogP contribution in [0.2, 0.25) is 0 Å². The van der Waals surface area contributed by atoms with Crippen molar-refractivity contribution in [2.24, 2.45) is 0 Å². The maximum Gasteiger partial charge on any atom is 0.0122 e. The van der Waals surface area contributed by atoms with Gasteiger partial charge in [0.2, 0.25) is 0 Å². The Morgan fingerprint density at radius 1 is 0.625 bits per heavy atom. The Bertz CT molecular complexity index is 382. The van der Waals surface area contributed by atoms with Crippen LogP contribution in [0.5, 0.6) is 0 Å². The minimum absolute atomic E-state index is 0. The molecule has 0 spiro atoms. The minimum Gasteiger partial charge on any atom is -0.0901 e. The summed E-state index contributed by atoms with van der Waals surface area (Å²) in [6, 6.07) is 17.3. The van der Waals surface area contributed by atoms with Gasteiger partial charge >= 0.3 is 0 Å². The van der Waals surface area contributed by atoms with E-state index in [1.54, 1.807) is 11.8 Å². The molecule has 0 aromatic heterocycles. The van der Waals surface area contributed by atoms with Crippen LogP contribution in [0.4, 0.5) is 0 Å². The largest absolute Gasteiger partial charge is 0.0901 e. The molecule has 2 aromatic rings. The molecule has 0 saturated heterocycles. The fourth-order valence-corrected chi connectivity index (χ4v) is 2.17. The zero-order valence-corrected chi connectivity index (χ0v) is 9.84. The summed E-state index contributed by atoms with van der Waals surface area (Å²) in [6.07, 6.45) is 0. The molecule has 0 atom stereocenters. The third-order valence-corrected chi connectivity index (χ3v) is 3.29. The molecule has 1 heteroatoms. The van der Waals surface area contributed by atoms with Crippen molar-refractivity contribution in [3.8, 4) is 0 Å². The van der Waals surface area contributed by atoms with Crippen molar-refractivity contribution in [2.45, 2.75) is 31.1 Å². The summed E-state index contributed by atoms with van der Waals surface area (Å²) < 4.78 is 0. The van der Waals surface area contributed by atoms with E-state index in [2.05, 4.69) is 62.4 Å². The molecule has 0 aliphatic carbocycles. The van der Waals surface area contributed by atoms with Crippen LogP contribution in [0.3, 0.4) is 0 Å². The Labute approximate surface area is 103 Å². The molecule has 16 heavy (non-hydrogen) atoms. The summed E-state index contributed by atoms with van der Waals surface area (Å²) in [5.41, 5.74) is 2.62. The van der Waals surface area contributed by atoms with Crippen molar-refractivity contribution < 1.29 is 0 Å². The summed E-state index contributed by atoms with van der Waals surface area (Å²) in [7, 11) is 0. The zero-order valence-electron chi connectivity index (χ0n) is 9.03. The minimum atomic E-state index is 0. The highest BCUT2D eigenvalue weighted by Gasteiger charge is 1.96. The molecule has 0 fully saturated rings. The van der Waals surface area contributed by atoms with Crippen LogP contribution in [0.15, 0.2) is 58.3 Å². The van der Waals surface area contributed by atoms with Gasteiger partial charge in [0.15, 0.2) is 0 Å². The lowest BCUT2D eigenvalue weighted by Gasteiger charge is -2.02. The Hall–Kier alpha value is -1.21. The molecule has 0 aliphatic heterocycles. The molecule has 0 radical (unpaired) electrons. The molecule has 0 aliphatic rings. The average molecular weight is 230 g/mol. The summed E-state index contributed by atoms with van der Waals surface area (Å²) in [5, 5.41) is 0. The lowest BCUT2D eigenvalue weighted by atomic mass is 10.2. The smallest absolute Gasteiger partial charge is 0.0122 e. The molecule has 0 unspecified atom stereocenters. The first-order valence-corrected chi connectivity index (χ1v) is 5.87. The van der Waals surface area contributed by atoms with E-state index in [-0.39, 0.29) is 7.43 Å². The van der Waals surface area contributed by atoms with Gasteiger partial charge in [-0.15, -0.1) is 0 Å². The third kappa shape index (κ3) is 3.42. The Kier molecular flexibility index (Phi) is 4.63. The van der Waals surface area contributed by atoms with E-state index in [1.807, 2.05) is 0 Å². The summed E-state index contributed by atoms with van der Waals surface area (Å²) in [6.45, 7) is 4.22. The van der Waals surface area contributed by atoms with Crippen molar-refractivity contribution in [1.82, 2.24) is 0 Å². The van der Waals surface area contributed by atoms with Gasteiger partial charge in [-0.05, 0) is 38.1 Å². The van der Waals surface area contributed by atoms with E-state index in [0.717, 1.165) is 0 Å². The van der Waals surface area contributed by atoms with Crippen molar-refractivity contribution in [3.63, 3.8) is 0 Å². The van der Waals surface area contributed by atoms with Crippen LogP contribution in [0, 0.1) is 13.8 Å². The number of hydrogen-bond donors (Lipinski definition) is 0. The van der Waals surface area contributed by atoms with E-state index in [9.17, 15) is 0 Å². The molecule has 0 bridgehead atoms. The van der Waals surface area contributed by atoms with Crippen LogP contribution in [-0.4, -0.2) is 0 Å². The second-order valence-corrected chi connectivity index (χ2v) is 4.88. The monoisotopic (exact) mass is 230 g/mol. The Balaban J connectivity index is 0.00000128. The quantitative estimate of drug-likeness (QED) is 0.692. The van der Waals surface area contributed by atoms with E-state index in [1.165, 1.54) is 20.9 Å². The first-order chi connectivity index (χ1) is 7.24. The topological polar surface area (TPSA) is 0 Å². The highest BCUT2D eigenvalue weighted by atomic mass is 32.2. The van der Waals surface area contributed by atoms with Gasteiger partial charge in [-0.25, -0.2) is 0 Å². The van der Waals surface area contributed by atoms with Crippen molar-refractivity contribution in [2.75, 3.05) is 0 Å². The predicted molar refractivity (Wildman–Crippen MR) is 73.2 cm³/mol. The molecule has 0 N–H and O–H groups in total. The van der Waals surface area contributed by atoms with Gasteiger partial charge in [-0.1, -0.05) is 54.6 Å². The predicted octanol–water partition coefficient (Wildman–Crippen LogP) is 5.09. The zero-order chi connectivity index (χ0) is 10.7. The second-order valence-electron chi connectivity index (χ2n) is 3.73. The van der Waals surface area contributed by atoms with Crippen molar-refractivity contribution >= 4 is 11.8 Å². The summed E-state index contributed by atoms with van der Waals surface area (Å²) in [5.74, 6) is 0. The SMILES string of the molecule is C.Cc1ccc(Sc2ccc(C)cc2)cc1. The van der Waals surface area contributed by atoms with Gasteiger partial charge in [-0.3, -0.25) is 0 Å². The van der Waals surface area contributed by atoms with Crippen LogP contribution < -0.4 is 0 Å². The first kappa shape index (κ1) is 12.9. The lowest BCUT2D eigenvalue weighted by Crippen LogP contribution is -1.76. The average Bonchev–Trinajstić information content (AvgIpc) is 2.25. The number of aryl methyl sites for hydroxylation is 2. The fraction of sp³-hybridized carbons (Fsp3) is 0.200. The molecule has 2 rings (SSSR count). The molecular formula is C15H18S. The van der Waals surface area contributed by atoms with Gasteiger partial charge < -0.3 is 0 Å². The molecule has 0 amide bonds. The van der Waals surface area contributed by atoms with E-state index < -0.39 is 0 Å². The third-order valence-electron chi connectivity index (χ3n) is 2.28. The molecule has 2 aromatic carbocycles. The Morgan fingerprint density at radius 2 is 0.938 bits per heavy atom. The molecule has 0 nitrogen and oxygen atoms in total. The Morgan fingerprint density at radius 3 is 1.25 bits per heavy atom. The van der Waals surface area contributed by atoms with Gasteiger partial charge in [0.25, 0.3) is 0 Å². The lowest BCUT2D eigenvalue weighted by molar-refractivity contribution is 1.34. The molecule has 0 saturated carbocycles.